The van der Waals surface area contributed by atoms with Crippen molar-refractivity contribution < 1.29 is 18.1 Å². The smallest absolute Gasteiger partial charge is 0.270 e. The molecule has 0 amide bonds. The van der Waals surface area contributed by atoms with Gasteiger partial charge >= 0.3 is 0 Å². The maximum Gasteiger partial charge on any atom is 0.270 e. The minimum absolute atomic E-state index is 0.0311. The van der Waals surface area contributed by atoms with Crippen molar-refractivity contribution in [2.75, 3.05) is 19.7 Å². The largest absolute Gasteiger partial charge is 0.377 e. The van der Waals surface area contributed by atoms with E-state index in [1.807, 2.05) is 0 Å². The van der Waals surface area contributed by atoms with Gasteiger partial charge in [0.2, 0.25) is 10.0 Å². The van der Waals surface area contributed by atoms with E-state index >= 15 is 0 Å². The van der Waals surface area contributed by atoms with Crippen molar-refractivity contribution in [1.82, 2.24) is 4.31 Å². The molecule has 1 atom stereocenters. The second-order valence-electron chi connectivity index (χ2n) is 4.96. The number of benzene rings is 1. The summed E-state index contributed by atoms with van der Waals surface area (Å²) in [5.74, 6) is 0. The van der Waals surface area contributed by atoms with Crippen LogP contribution in [0, 0.1) is 10.1 Å². The summed E-state index contributed by atoms with van der Waals surface area (Å²) in [7, 11) is -3.91. The zero-order valence-corrected chi connectivity index (χ0v) is 13.6. The molecule has 1 fully saturated rings. The zero-order valence-electron chi connectivity index (χ0n) is 12.1. The summed E-state index contributed by atoms with van der Waals surface area (Å²) in [5, 5.41) is 10.8. The van der Waals surface area contributed by atoms with E-state index in [2.05, 4.69) is 0 Å². The fraction of sp³-hybridized carbons (Fsp3) is 0.538. The van der Waals surface area contributed by atoms with Gasteiger partial charge in [-0.1, -0.05) is 18.5 Å². The molecule has 0 N–H and O–H groups in total. The van der Waals surface area contributed by atoms with Crippen molar-refractivity contribution in [2.45, 2.75) is 30.8 Å². The van der Waals surface area contributed by atoms with Crippen LogP contribution in [0.1, 0.15) is 19.8 Å². The lowest BCUT2D eigenvalue weighted by Gasteiger charge is -2.23. The molecule has 1 aromatic rings. The molecule has 2 rings (SSSR count). The van der Waals surface area contributed by atoms with Gasteiger partial charge in [0, 0.05) is 31.8 Å². The third kappa shape index (κ3) is 3.57. The Kier molecular flexibility index (Phi) is 5.38. The predicted molar refractivity (Wildman–Crippen MR) is 81.5 cm³/mol. The Morgan fingerprint density at radius 3 is 2.77 bits per heavy atom. The standard InChI is InChI=1S/C13H17ClN2O5S/c1-2-15(9-11-4-3-7-21-11)22(19,20)13-8-10(16(17)18)5-6-12(13)14/h5-6,8,11H,2-4,7,9H2,1H3. The number of sulfonamides is 1. The van der Waals surface area contributed by atoms with Crippen LogP contribution in [-0.4, -0.2) is 43.4 Å². The van der Waals surface area contributed by atoms with Crippen molar-refractivity contribution in [2.24, 2.45) is 0 Å². The van der Waals surface area contributed by atoms with Crippen LogP contribution in [0.5, 0.6) is 0 Å². The number of nitro benzene ring substituents is 1. The summed E-state index contributed by atoms with van der Waals surface area (Å²) in [6.07, 6.45) is 1.56. The molecule has 1 aliphatic rings. The van der Waals surface area contributed by atoms with E-state index in [1.54, 1.807) is 6.92 Å². The van der Waals surface area contributed by atoms with Crippen molar-refractivity contribution in [1.29, 1.82) is 0 Å². The highest BCUT2D eigenvalue weighted by Crippen LogP contribution is 2.29. The van der Waals surface area contributed by atoms with Crippen molar-refractivity contribution >= 4 is 27.3 Å². The number of nitro groups is 1. The van der Waals surface area contributed by atoms with Crippen LogP contribution in [-0.2, 0) is 14.8 Å². The molecule has 0 aliphatic carbocycles. The monoisotopic (exact) mass is 348 g/mol. The van der Waals surface area contributed by atoms with E-state index in [9.17, 15) is 18.5 Å². The van der Waals surface area contributed by atoms with E-state index in [1.165, 1.54) is 16.4 Å². The minimum atomic E-state index is -3.91. The number of likely N-dealkylation sites (N-methyl/N-ethyl adjacent to an activating group) is 1. The van der Waals surface area contributed by atoms with Gasteiger partial charge in [-0.3, -0.25) is 10.1 Å². The molecule has 7 nitrogen and oxygen atoms in total. The Morgan fingerprint density at radius 1 is 1.50 bits per heavy atom. The second kappa shape index (κ2) is 6.91. The SMILES string of the molecule is CCN(CC1CCCO1)S(=O)(=O)c1cc([N+](=O)[O-])ccc1Cl. The molecular formula is C13H17ClN2O5S. The van der Waals surface area contributed by atoms with E-state index in [-0.39, 0.29) is 34.8 Å². The van der Waals surface area contributed by atoms with Crippen LogP contribution in [0.15, 0.2) is 23.1 Å². The van der Waals surface area contributed by atoms with Crippen molar-refractivity contribution in [3.63, 3.8) is 0 Å². The third-order valence-corrected chi connectivity index (χ3v) is 5.95. The Balaban J connectivity index is 2.34. The molecule has 1 unspecified atom stereocenters. The van der Waals surface area contributed by atoms with Gasteiger partial charge in [0.15, 0.2) is 0 Å². The molecule has 0 radical (unpaired) electrons. The van der Waals surface area contributed by atoms with Gasteiger partial charge in [-0.25, -0.2) is 8.42 Å². The molecule has 1 heterocycles. The van der Waals surface area contributed by atoms with Crippen LogP contribution < -0.4 is 0 Å². The van der Waals surface area contributed by atoms with E-state index in [0.717, 1.165) is 18.9 Å². The van der Waals surface area contributed by atoms with Gasteiger partial charge in [0.1, 0.15) is 4.90 Å². The molecule has 0 spiro atoms. The van der Waals surface area contributed by atoms with Crippen LogP contribution in [0.2, 0.25) is 5.02 Å². The number of hydrogen-bond acceptors (Lipinski definition) is 5. The van der Waals surface area contributed by atoms with Gasteiger partial charge in [0.25, 0.3) is 5.69 Å². The third-order valence-electron chi connectivity index (χ3n) is 3.53. The fourth-order valence-electron chi connectivity index (χ4n) is 2.36. The fourth-order valence-corrected chi connectivity index (χ4v) is 4.33. The van der Waals surface area contributed by atoms with Crippen LogP contribution in [0.25, 0.3) is 0 Å². The van der Waals surface area contributed by atoms with Gasteiger partial charge in [0.05, 0.1) is 16.0 Å². The number of ether oxygens (including phenoxy) is 1. The van der Waals surface area contributed by atoms with Crippen molar-refractivity contribution in [3.05, 3.63) is 33.3 Å². The molecule has 1 aliphatic heterocycles. The Hall–Kier alpha value is -1.22. The van der Waals surface area contributed by atoms with E-state index in [0.29, 0.717) is 6.61 Å². The number of rotatable bonds is 6. The summed E-state index contributed by atoms with van der Waals surface area (Å²) in [6, 6.07) is 3.40. The lowest BCUT2D eigenvalue weighted by Crippen LogP contribution is -2.37. The summed E-state index contributed by atoms with van der Waals surface area (Å²) >= 11 is 5.94. The maximum absolute atomic E-state index is 12.7. The first-order chi connectivity index (χ1) is 10.4. The molecule has 0 aromatic heterocycles. The Morgan fingerprint density at radius 2 is 2.23 bits per heavy atom. The minimum Gasteiger partial charge on any atom is -0.377 e. The Bertz CT molecular complexity index is 658. The zero-order chi connectivity index (χ0) is 16.3. The lowest BCUT2D eigenvalue weighted by molar-refractivity contribution is -0.385. The number of halogens is 1. The average molecular weight is 349 g/mol. The van der Waals surface area contributed by atoms with Crippen LogP contribution >= 0.6 is 11.6 Å². The first-order valence-corrected chi connectivity index (χ1v) is 8.73. The molecule has 22 heavy (non-hydrogen) atoms. The second-order valence-corrected chi connectivity index (χ2v) is 7.28. The molecule has 9 heteroatoms. The highest BCUT2D eigenvalue weighted by molar-refractivity contribution is 7.89. The number of hydrogen-bond donors (Lipinski definition) is 0. The van der Waals surface area contributed by atoms with Crippen molar-refractivity contribution in [3.8, 4) is 0 Å². The van der Waals surface area contributed by atoms with Gasteiger partial charge in [-0.05, 0) is 18.9 Å². The molecule has 0 saturated carbocycles. The van der Waals surface area contributed by atoms with Gasteiger partial charge in [-0.2, -0.15) is 4.31 Å². The average Bonchev–Trinajstić information content (AvgIpc) is 2.97. The van der Waals surface area contributed by atoms with Gasteiger partial charge < -0.3 is 4.74 Å². The summed E-state index contributed by atoms with van der Waals surface area (Å²) in [5.41, 5.74) is -0.309. The molecule has 1 saturated heterocycles. The lowest BCUT2D eigenvalue weighted by atomic mass is 10.2. The number of nitrogens with zero attached hydrogens (tertiary/aromatic N) is 2. The highest BCUT2D eigenvalue weighted by Gasteiger charge is 2.30. The predicted octanol–water partition coefficient (Wildman–Crippen LogP) is 2.44. The summed E-state index contributed by atoms with van der Waals surface area (Å²) < 4.78 is 32.1. The van der Waals surface area contributed by atoms with Gasteiger partial charge in [-0.15, -0.1) is 0 Å². The van der Waals surface area contributed by atoms with E-state index < -0.39 is 14.9 Å². The topological polar surface area (TPSA) is 89.8 Å². The molecule has 1 aromatic carbocycles. The van der Waals surface area contributed by atoms with Crippen LogP contribution in [0.3, 0.4) is 0 Å². The summed E-state index contributed by atoms with van der Waals surface area (Å²) in [6.45, 7) is 2.79. The number of non-ortho nitro benzene ring substituents is 1. The van der Waals surface area contributed by atoms with E-state index in [4.69, 9.17) is 16.3 Å². The molecule has 122 valence electrons. The first kappa shape index (κ1) is 17.1. The molecule has 0 bridgehead atoms. The Labute approximate surface area is 134 Å². The quantitative estimate of drug-likeness (QED) is 0.581. The first-order valence-electron chi connectivity index (χ1n) is 6.92. The molecular weight excluding hydrogens is 332 g/mol. The maximum atomic E-state index is 12.7. The normalized spacial score (nSPS) is 18.8. The van der Waals surface area contributed by atoms with Crippen LogP contribution in [0.4, 0.5) is 5.69 Å². The summed E-state index contributed by atoms with van der Waals surface area (Å²) in [4.78, 5) is 9.95. The highest BCUT2D eigenvalue weighted by atomic mass is 35.5.